The van der Waals surface area contributed by atoms with E-state index in [1.54, 1.807) is 11.3 Å². The number of hydrogen-bond donors (Lipinski definition) is 0. The van der Waals surface area contributed by atoms with Crippen LogP contribution in [-0.2, 0) is 24.7 Å². The molecule has 6 heteroatoms. The molecule has 2 heterocycles. The fourth-order valence-electron chi connectivity index (χ4n) is 4.17. The first-order chi connectivity index (χ1) is 11.7. The fraction of sp³-hybridized carbons (Fsp3) is 0.611. The van der Waals surface area contributed by atoms with Crippen LogP contribution in [0, 0.1) is 5.92 Å². The molecule has 1 unspecified atom stereocenters. The first kappa shape index (κ1) is 15.8. The zero-order valence-electron chi connectivity index (χ0n) is 14.1. The molecule has 128 valence electrons. The molecular formula is C18H24N4OS. The third-order valence-corrected chi connectivity index (χ3v) is 6.17. The minimum absolute atomic E-state index is 0.0523. The molecule has 0 N–H and O–H groups in total. The van der Waals surface area contributed by atoms with E-state index >= 15 is 0 Å². The lowest BCUT2D eigenvalue weighted by Gasteiger charge is -2.36. The van der Waals surface area contributed by atoms with Crippen molar-refractivity contribution in [1.82, 2.24) is 15.0 Å². The highest BCUT2D eigenvalue weighted by Crippen LogP contribution is 2.33. The molecule has 4 rings (SSSR count). The van der Waals surface area contributed by atoms with E-state index in [-0.39, 0.29) is 5.92 Å². The molecule has 0 radical (unpaired) electrons. The van der Waals surface area contributed by atoms with E-state index in [0.717, 1.165) is 49.2 Å². The lowest BCUT2D eigenvalue weighted by Crippen LogP contribution is -2.46. The van der Waals surface area contributed by atoms with Gasteiger partial charge in [-0.2, -0.15) is 11.3 Å². The Balaban J connectivity index is 1.59. The normalized spacial score (nSPS) is 21.5. The first-order valence-corrected chi connectivity index (χ1v) is 9.91. The number of hydrogen-bond acceptors (Lipinski definition) is 4. The third-order valence-electron chi connectivity index (χ3n) is 5.50. The van der Waals surface area contributed by atoms with E-state index in [9.17, 15) is 4.79 Å². The van der Waals surface area contributed by atoms with E-state index in [0.29, 0.717) is 11.9 Å². The van der Waals surface area contributed by atoms with Gasteiger partial charge in [-0.05, 0) is 37.1 Å². The average molecular weight is 344 g/mol. The summed E-state index contributed by atoms with van der Waals surface area (Å²) < 4.78 is 1.84. The summed E-state index contributed by atoms with van der Waals surface area (Å²) in [7, 11) is 1.93. The highest BCUT2D eigenvalue weighted by Gasteiger charge is 2.35. The van der Waals surface area contributed by atoms with Crippen LogP contribution in [0.2, 0.25) is 0 Å². The Hall–Kier alpha value is -1.69. The van der Waals surface area contributed by atoms with Crippen molar-refractivity contribution in [2.24, 2.45) is 13.0 Å². The van der Waals surface area contributed by atoms with Gasteiger partial charge in [0, 0.05) is 30.8 Å². The number of aromatic nitrogens is 3. The number of aryl methyl sites for hydroxylation is 2. The quantitative estimate of drug-likeness (QED) is 0.858. The summed E-state index contributed by atoms with van der Waals surface area (Å²) in [6.45, 7) is 0. The van der Waals surface area contributed by atoms with E-state index in [1.807, 2.05) is 11.7 Å². The van der Waals surface area contributed by atoms with Crippen LogP contribution in [-0.4, -0.2) is 26.9 Å². The zero-order valence-corrected chi connectivity index (χ0v) is 15.0. The molecular weight excluding hydrogens is 320 g/mol. The van der Waals surface area contributed by atoms with Crippen molar-refractivity contribution in [3.8, 4) is 0 Å². The van der Waals surface area contributed by atoms with Crippen LogP contribution >= 0.6 is 11.3 Å². The van der Waals surface area contributed by atoms with Crippen molar-refractivity contribution < 1.29 is 4.79 Å². The minimum Gasteiger partial charge on any atom is -0.308 e. The van der Waals surface area contributed by atoms with Gasteiger partial charge in [-0.3, -0.25) is 9.48 Å². The predicted molar refractivity (Wildman–Crippen MR) is 95.2 cm³/mol. The summed E-state index contributed by atoms with van der Waals surface area (Å²) in [6, 6.07) is 2.46. The number of anilines is 1. The van der Waals surface area contributed by atoms with Crippen LogP contribution in [0.1, 0.15) is 49.9 Å². The summed E-state index contributed by atoms with van der Waals surface area (Å²) in [4.78, 5) is 15.5. The van der Waals surface area contributed by atoms with Crippen molar-refractivity contribution in [3.05, 3.63) is 28.2 Å². The number of fused-ring (bicyclic) bond motifs is 1. The molecule has 2 aromatic heterocycles. The summed E-state index contributed by atoms with van der Waals surface area (Å²) in [5.41, 5.74) is 3.29. The standard InChI is InChI=1S/C18H24N4OS/c1-21-17-11-13(7-8-16(17)19-20-21)18(23)22(15-9-10-24-12-15)14-5-3-2-4-6-14/h9-10,12-14H,2-8,11H2,1H3. The van der Waals surface area contributed by atoms with Crippen molar-refractivity contribution in [3.63, 3.8) is 0 Å². The van der Waals surface area contributed by atoms with Crippen LogP contribution in [0.5, 0.6) is 0 Å². The van der Waals surface area contributed by atoms with Crippen LogP contribution in [0.3, 0.4) is 0 Å². The van der Waals surface area contributed by atoms with Gasteiger partial charge in [-0.1, -0.05) is 24.5 Å². The Morgan fingerprint density at radius 2 is 2.12 bits per heavy atom. The maximum atomic E-state index is 13.4. The second-order valence-electron chi connectivity index (χ2n) is 7.03. The number of nitrogens with zero attached hydrogens (tertiary/aromatic N) is 4. The Labute approximate surface area is 146 Å². The Morgan fingerprint density at radius 1 is 1.29 bits per heavy atom. The lowest BCUT2D eigenvalue weighted by atomic mass is 9.86. The van der Waals surface area contributed by atoms with E-state index in [4.69, 9.17) is 0 Å². The lowest BCUT2D eigenvalue weighted by molar-refractivity contribution is -0.123. The van der Waals surface area contributed by atoms with E-state index in [1.165, 1.54) is 19.3 Å². The molecule has 1 atom stereocenters. The number of thiophene rings is 1. The maximum Gasteiger partial charge on any atom is 0.230 e. The monoisotopic (exact) mass is 344 g/mol. The number of amides is 1. The van der Waals surface area contributed by atoms with Crippen LogP contribution in [0.15, 0.2) is 16.8 Å². The second kappa shape index (κ2) is 6.67. The zero-order chi connectivity index (χ0) is 16.5. The van der Waals surface area contributed by atoms with Crippen LogP contribution in [0.25, 0.3) is 0 Å². The van der Waals surface area contributed by atoms with Gasteiger partial charge in [0.1, 0.15) is 0 Å². The smallest absolute Gasteiger partial charge is 0.230 e. The molecule has 0 aromatic carbocycles. The Kier molecular flexibility index (Phi) is 4.39. The van der Waals surface area contributed by atoms with Crippen molar-refractivity contribution in [2.45, 2.75) is 57.4 Å². The number of carbonyl (C=O) groups excluding carboxylic acids is 1. The molecule has 2 aliphatic rings. The highest BCUT2D eigenvalue weighted by molar-refractivity contribution is 7.08. The Bertz CT molecular complexity index is 703. The van der Waals surface area contributed by atoms with Gasteiger partial charge in [0.15, 0.2) is 0 Å². The highest BCUT2D eigenvalue weighted by atomic mass is 32.1. The minimum atomic E-state index is 0.0523. The summed E-state index contributed by atoms with van der Waals surface area (Å²) >= 11 is 1.67. The molecule has 5 nitrogen and oxygen atoms in total. The van der Waals surface area contributed by atoms with Gasteiger partial charge in [0.2, 0.25) is 5.91 Å². The summed E-state index contributed by atoms with van der Waals surface area (Å²) in [5, 5.41) is 12.5. The van der Waals surface area contributed by atoms with Crippen molar-refractivity contribution in [1.29, 1.82) is 0 Å². The average Bonchev–Trinajstić information content (AvgIpc) is 3.26. The maximum absolute atomic E-state index is 13.4. The van der Waals surface area contributed by atoms with Gasteiger partial charge in [-0.25, -0.2) is 0 Å². The van der Waals surface area contributed by atoms with Crippen molar-refractivity contribution >= 4 is 22.9 Å². The van der Waals surface area contributed by atoms with Gasteiger partial charge in [0.05, 0.1) is 17.1 Å². The van der Waals surface area contributed by atoms with Gasteiger partial charge < -0.3 is 4.90 Å². The fourth-order valence-corrected chi connectivity index (χ4v) is 4.80. The molecule has 1 amide bonds. The topological polar surface area (TPSA) is 51.0 Å². The van der Waals surface area contributed by atoms with Gasteiger partial charge >= 0.3 is 0 Å². The molecule has 0 saturated heterocycles. The molecule has 1 fully saturated rings. The molecule has 0 spiro atoms. The molecule has 0 aliphatic heterocycles. The van der Waals surface area contributed by atoms with E-state index in [2.05, 4.69) is 32.0 Å². The van der Waals surface area contributed by atoms with Crippen LogP contribution in [0.4, 0.5) is 5.69 Å². The molecule has 1 saturated carbocycles. The summed E-state index contributed by atoms with van der Waals surface area (Å²) in [5.74, 6) is 0.351. The SMILES string of the molecule is Cn1nnc2c1CC(C(=O)N(c1ccsc1)C1CCCCC1)CC2. The molecule has 2 aromatic rings. The largest absolute Gasteiger partial charge is 0.308 e. The van der Waals surface area contributed by atoms with Gasteiger partial charge in [0.25, 0.3) is 0 Å². The molecule has 0 bridgehead atoms. The molecule has 2 aliphatic carbocycles. The Morgan fingerprint density at radius 3 is 2.88 bits per heavy atom. The number of rotatable bonds is 3. The molecule has 24 heavy (non-hydrogen) atoms. The number of carbonyl (C=O) groups is 1. The van der Waals surface area contributed by atoms with Crippen molar-refractivity contribution in [2.75, 3.05) is 4.90 Å². The summed E-state index contributed by atoms with van der Waals surface area (Å²) in [6.07, 6.45) is 8.55. The van der Waals surface area contributed by atoms with Gasteiger partial charge in [-0.15, -0.1) is 5.10 Å². The predicted octanol–water partition coefficient (Wildman–Crippen LogP) is 3.35. The van der Waals surface area contributed by atoms with Crippen LogP contribution < -0.4 is 4.90 Å². The van der Waals surface area contributed by atoms with E-state index < -0.39 is 0 Å². The third kappa shape index (κ3) is 2.88. The second-order valence-corrected chi connectivity index (χ2v) is 7.81. The first-order valence-electron chi connectivity index (χ1n) is 8.96.